The lowest BCUT2D eigenvalue weighted by atomic mass is 10.1. The molecule has 5 heteroatoms. The predicted octanol–water partition coefficient (Wildman–Crippen LogP) is 2.11. The molecule has 0 bridgehead atoms. The van der Waals surface area contributed by atoms with Crippen LogP contribution in [0.5, 0.6) is 0 Å². The molecule has 0 unspecified atom stereocenters. The number of hydrogen-bond acceptors (Lipinski definition) is 2. The molecule has 0 amide bonds. The van der Waals surface area contributed by atoms with Crippen molar-refractivity contribution in [1.82, 2.24) is 20.0 Å². The molecule has 0 aliphatic carbocycles. The number of aliphatic imine (C=N–C) groups is 1. The summed E-state index contributed by atoms with van der Waals surface area (Å²) in [6, 6.07) is 6.11. The van der Waals surface area contributed by atoms with Gasteiger partial charge in [-0.15, -0.1) is 0 Å². The van der Waals surface area contributed by atoms with E-state index < -0.39 is 0 Å². The van der Waals surface area contributed by atoms with Crippen molar-refractivity contribution in [2.24, 2.45) is 4.99 Å². The van der Waals surface area contributed by atoms with Crippen LogP contribution >= 0.6 is 0 Å². The Balaban J connectivity index is 2.07. The summed E-state index contributed by atoms with van der Waals surface area (Å²) in [4.78, 5) is 8.81. The van der Waals surface area contributed by atoms with Crippen LogP contribution in [0.15, 0.2) is 29.4 Å². The zero-order valence-corrected chi connectivity index (χ0v) is 12.9. The zero-order valence-electron chi connectivity index (χ0n) is 12.9. The highest BCUT2D eigenvalue weighted by molar-refractivity contribution is 5.80. The molecule has 0 atom stereocenters. The number of guanidine groups is 1. The average Bonchev–Trinajstić information content (AvgIpc) is 2.77. The van der Waals surface area contributed by atoms with Gasteiger partial charge in [0.2, 0.25) is 0 Å². The van der Waals surface area contributed by atoms with E-state index in [-0.39, 0.29) is 5.54 Å². The fraction of sp³-hybridized carbons (Fsp3) is 0.467. The van der Waals surface area contributed by atoms with Gasteiger partial charge in [0.25, 0.3) is 0 Å². The molecule has 2 N–H and O–H groups in total. The third kappa shape index (κ3) is 3.50. The summed E-state index contributed by atoms with van der Waals surface area (Å²) in [7, 11) is 1.77. The Kier molecular flexibility index (Phi) is 3.97. The lowest BCUT2D eigenvalue weighted by Gasteiger charge is -2.23. The van der Waals surface area contributed by atoms with Crippen LogP contribution in [0.1, 0.15) is 32.2 Å². The first kappa shape index (κ1) is 14.4. The largest absolute Gasteiger partial charge is 0.352 e. The van der Waals surface area contributed by atoms with E-state index in [0.717, 1.165) is 17.3 Å². The standard InChI is InChI=1S/C15H23N5/c1-11-7-6-8-13-18-12(10-20(11)13)9-17-14(16-5)19-15(2,3)4/h6-8,10H,9H2,1-5H3,(H2,16,17,19). The Morgan fingerprint density at radius 3 is 2.70 bits per heavy atom. The fourth-order valence-corrected chi connectivity index (χ4v) is 1.99. The second-order valence-corrected chi connectivity index (χ2v) is 5.93. The van der Waals surface area contributed by atoms with E-state index in [2.05, 4.69) is 65.0 Å². The van der Waals surface area contributed by atoms with Gasteiger partial charge in [0, 0.05) is 24.5 Å². The van der Waals surface area contributed by atoms with Crippen molar-refractivity contribution >= 4 is 11.6 Å². The van der Waals surface area contributed by atoms with Gasteiger partial charge in [0.1, 0.15) is 5.65 Å². The maximum absolute atomic E-state index is 4.59. The van der Waals surface area contributed by atoms with Crippen molar-refractivity contribution in [3.05, 3.63) is 35.8 Å². The fourth-order valence-electron chi connectivity index (χ4n) is 1.99. The molecule has 0 saturated heterocycles. The molecule has 0 saturated carbocycles. The van der Waals surface area contributed by atoms with Gasteiger partial charge in [-0.2, -0.15) is 0 Å². The molecule has 0 spiro atoms. The smallest absolute Gasteiger partial charge is 0.191 e. The van der Waals surface area contributed by atoms with Crippen LogP contribution in [0.4, 0.5) is 0 Å². The van der Waals surface area contributed by atoms with E-state index in [0.29, 0.717) is 6.54 Å². The van der Waals surface area contributed by atoms with Crippen molar-refractivity contribution in [2.45, 2.75) is 39.8 Å². The van der Waals surface area contributed by atoms with Gasteiger partial charge in [-0.1, -0.05) is 6.07 Å². The van der Waals surface area contributed by atoms with Crippen molar-refractivity contribution < 1.29 is 0 Å². The minimum absolute atomic E-state index is 0.0165. The van der Waals surface area contributed by atoms with Gasteiger partial charge in [-0.05, 0) is 39.8 Å². The van der Waals surface area contributed by atoms with Crippen LogP contribution in [0, 0.1) is 6.92 Å². The van der Waals surface area contributed by atoms with Crippen molar-refractivity contribution in [3.8, 4) is 0 Å². The molecule has 0 radical (unpaired) electrons. The number of imidazole rings is 1. The number of nitrogens with zero attached hydrogens (tertiary/aromatic N) is 3. The second-order valence-electron chi connectivity index (χ2n) is 5.93. The minimum Gasteiger partial charge on any atom is -0.352 e. The molecule has 2 heterocycles. The highest BCUT2D eigenvalue weighted by Gasteiger charge is 2.12. The molecule has 20 heavy (non-hydrogen) atoms. The van der Waals surface area contributed by atoms with Crippen molar-refractivity contribution in [2.75, 3.05) is 7.05 Å². The van der Waals surface area contributed by atoms with Crippen LogP contribution < -0.4 is 10.6 Å². The van der Waals surface area contributed by atoms with Crippen LogP contribution in [0.3, 0.4) is 0 Å². The number of pyridine rings is 1. The Hall–Kier alpha value is -2.04. The highest BCUT2D eigenvalue weighted by atomic mass is 15.2. The van der Waals surface area contributed by atoms with Gasteiger partial charge in [-0.25, -0.2) is 4.98 Å². The Bertz CT molecular complexity index is 619. The number of hydrogen-bond donors (Lipinski definition) is 2. The molecular formula is C15H23N5. The molecular weight excluding hydrogens is 250 g/mol. The van der Waals surface area contributed by atoms with Gasteiger partial charge in [0.05, 0.1) is 12.2 Å². The molecule has 0 aromatic carbocycles. The summed E-state index contributed by atoms with van der Waals surface area (Å²) in [5, 5.41) is 6.61. The van der Waals surface area contributed by atoms with Crippen molar-refractivity contribution in [1.29, 1.82) is 0 Å². The molecule has 0 aliphatic rings. The molecule has 5 nitrogen and oxygen atoms in total. The Morgan fingerprint density at radius 1 is 1.35 bits per heavy atom. The van der Waals surface area contributed by atoms with Crippen LogP contribution in [0.25, 0.3) is 5.65 Å². The van der Waals surface area contributed by atoms with Crippen LogP contribution in [-0.4, -0.2) is 27.9 Å². The SMILES string of the molecule is CN=C(NCc1cn2c(C)cccc2n1)NC(C)(C)C. The first-order valence-corrected chi connectivity index (χ1v) is 6.81. The molecule has 0 aliphatic heterocycles. The minimum atomic E-state index is -0.0165. The van der Waals surface area contributed by atoms with Gasteiger partial charge in [-0.3, -0.25) is 4.99 Å². The topological polar surface area (TPSA) is 53.7 Å². The van der Waals surface area contributed by atoms with Gasteiger partial charge >= 0.3 is 0 Å². The molecule has 2 aromatic heterocycles. The normalized spacial score (nSPS) is 12.8. The van der Waals surface area contributed by atoms with E-state index in [1.807, 2.05) is 12.1 Å². The monoisotopic (exact) mass is 273 g/mol. The van der Waals surface area contributed by atoms with Crippen LogP contribution in [0.2, 0.25) is 0 Å². The van der Waals surface area contributed by atoms with E-state index in [1.54, 1.807) is 7.05 Å². The maximum Gasteiger partial charge on any atom is 0.191 e. The molecule has 2 rings (SSSR count). The van der Waals surface area contributed by atoms with E-state index in [4.69, 9.17) is 0 Å². The quantitative estimate of drug-likeness (QED) is 0.651. The van der Waals surface area contributed by atoms with Gasteiger partial charge in [0.15, 0.2) is 5.96 Å². The number of nitrogens with one attached hydrogen (secondary N) is 2. The third-order valence-electron chi connectivity index (χ3n) is 2.90. The number of fused-ring (bicyclic) bond motifs is 1. The number of aryl methyl sites for hydroxylation is 1. The maximum atomic E-state index is 4.59. The van der Waals surface area contributed by atoms with E-state index in [1.165, 1.54) is 5.69 Å². The lowest BCUT2D eigenvalue weighted by molar-refractivity contribution is 0.501. The summed E-state index contributed by atoms with van der Waals surface area (Å²) in [5.41, 5.74) is 3.13. The molecule has 0 fully saturated rings. The van der Waals surface area contributed by atoms with Crippen molar-refractivity contribution in [3.63, 3.8) is 0 Å². The zero-order chi connectivity index (χ0) is 14.8. The summed E-state index contributed by atoms with van der Waals surface area (Å²) < 4.78 is 2.09. The lowest BCUT2D eigenvalue weighted by Crippen LogP contribution is -2.47. The van der Waals surface area contributed by atoms with Gasteiger partial charge < -0.3 is 15.0 Å². The third-order valence-corrected chi connectivity index (χ3v) is 2.90. The number of rotatable bonds is 2. The summed E-state index contributed by atoms with van der Waals surface area (Å²) in [6.07, 6.45) is 2.06. The highest BCUT2D eigenvalue weighted by Crippen LogP contribution is 2.08. The summed E-state index contributed by atoms with van der Waals surface area (Å²) in [5.74, 6) is 0.784. The van der Waals surface area contributed by atoms with Crippen LogP contribution in [-0.2, 0) is 6.54 Å². The molecule has 2 aromatic rings. The predicted molar refractivity (Wildman–Crippen MR) is 83.0 cm³/mol. The first-order chi connectivity index (χ1) is 9.39. The van der Waals surface area contributed by atoms with E-state index in [9.17, 15) is 0 Å². The molecule has 108 valence electrons. The summed E-state index contributed by atoms with van der Waals surface area (Å²) in [6.45, 7) is 9.04. The number of aromatic nitrogens is 2. The first-order valence-electron chi connectivity index (χ1n) is 6.81. The Morgan fingerprint density at radius 2 is 2.10 bits per heavy atom. The summed E-state index contributed by atoms with van der Waals surface area (Å²) >= 11 is 0. The Labute approximate surface area is 120 Å². The second kappa shape index (κ2) is 5.53. The average molecular weight is 273 g/mol. The van der Waals surface area contributed by atoms with E-state index >= 15 is 0 Å².